The van der Waals surface area contributed by atoms with Gasteiger partial charge >= 0.3 is 5.97 Å². The van der Waals surface area contributed by atoms with Crippen LogP contribution in [-0.2, 0) is 9.53 Å². The van der Waals surface area contributed by atoms with Crippen LogP contribution in [0.4, 0.5) is 0 Å². The molecule has 0 aliphatic carbocycles. The first-order chi connectivity index (χ1) is 11.3. The molecule has 134 valence electrons. The van der Waals surface area contributed by atoms with Crippen molar-refractivity contribution >= 4 is 5.97 Å². The third-order valence-electron chi connectivity index (χ3n) is 4.13. The second kappa shape index (κ2) is 19.0. The predicted octanol–water partition coefficient (Wildman–Crippen LogP) is 6.75. The molecule has 2 nitrogen and oxygen atoms in total. The lowest BCUT2D eigenvalue weighted by atomic mass is 10.0. The molecule has 0 bridgehead atoms. The normalized spacial score (nSPS) is 11.0. The first-order valence-corrected chi connectivity index (χ1v) is 9.75. The molecule has 0 aromatic heterocycles. The van der Waals surface area contributed by atoms with Gasteiger partial charge < -0.3 is 4.74 Å². The topological polar surface area (TPSA) is 26.3 Å². The maximum atomic E-state index is 10.8. The molecule has 0 unspecified atom stereocenters. The van der Waals surface area contributed by atoms with Crippen molar-refractivity contribution in [1.82, 2.24) is 0 Å². The molecule has 0 spiro atoms. The largest absolute Gasteiger partial charge is 0.458 e. The van der Waals surface area contributed by atoms with Crippen LogP contribution in [0.25, 0.3) is 0 Å². The number of esters is 1. The van der Waals surface area contributed by atoms with Crippen molar-refractivity contribution in [2.45, 2.75) is 96.8 Å². The molecule has 0 saturated heterocycles. The monoisotopic (exact) mass is 322 g/mol. The van der Waals surface area contributed by atoms with Crippen molar-refractivity contribution in [3.63, 3.8) is 0 Å². The average Bonchev–Trinajstić information content (AvgIpc) is 2.57. The zero-order valence-corrected chi connectivity index (χ0v) is 15.4. The zero-order chi connectivity index (χ0) is 17.0. The fourth-order valence-corrected chi connectivity index (χ4v) is 2.66. The Kier molecular flexibility index (Phi) is 18.1. The summed E-state index contributed by atoms with van der Waals surface area (Å²) < 4.78 is 4.87. The summed E-state index contributed by atoms with van der Waals surface area (Å²) in [5.41, 5.74) is 0. The zero-order valence-electron chi connectivity index (χ0n) is 15.4. The molecule has 0 aromatic rings. The van der Waals surface area contributed by atoms with Crippen LogP contribution in [0.2, 0.25) is 0 Å². The number of hydrogen-bond donors (Lipinski definition) is 0. The molecular weight excluding hydrogens is 284 g/mol. The number of hydrogen-bond acceptors (Lipinski definition) is 2. The average molecular weight is 323 g/mol. The standard InChI is InChI=1S/C21H38O2/c1-3-5-6-7-8-9-10-11-12-13-14-15-16-17-18-19-20-23-21(22)4-2/h4,18-19H,2-3,5-17,20H2,1H3/b19-18+. The van der Waals surface area contributed by atoms with Crippen LogP contribution in [0, 0.1) is 0 Å². The van der Waals surface area contributed by atoms with Crippen molar-refractivity contribution in [2.24, 2.45) is 0 Å². The van der Waals surface area contributed by atoms with Crippen LogP contribution in [0.5, 0.6) is 0 Å². The Morgan fingerprint density at radius 3 is 1.74 bits per heavy atom. The van der Waals surface area contributed by atoms with Gasteiger partial charge in [0.15, 0.2) is 0 Å². The van der Waals surface area contributed by atoms with E-state index >= 15 is 0 Å². The second-order valence-corrected chi connectivity index (χ2v) is 6.34. The van der Waals surface area contributed by atoms with Gasteiger partial charge in [0, 0.05) is 6.08 Å². The predicted molar refractivity (Wildman–Crippen MR) is 101 cm³/mol. The highest BCUT2D eigenvalue weighted by Crippen LogP contribution is 2.12. The summed E-state index contributed by atoms with van der Waals surface area (Å²) in [5, 5.41) is 0. The van der Waals surface area contributed by atoms with Crippen molar-refractivity contribution in [1.29, 1.82) is 0 Å². The number of rotatable bonds is 17. The Bertz CT molecular complexity index is 294. The van der Waals surface area contributed by atoms with Gasteiger partial charge in [-0.1, -0.05) is 103 Å². The fraction of sp³-hybridized carbons (Fsp3) is 0.762. The molecule has 0 fully saturated rings. The molecule has 0 aromatic carbocycles. The summed E-state index contributed by atoms with van der Waals surface area (Å²) in [6.07, 6.45) is 24.4. The van der Waals surface area contributed by atoms with Crippen LogP contribution >= 0.6 is 0 Å². The van der Waals surface area contributed by atoms with Crippen LogP contribution in [-0.4, -0.2) is 12.6 Å². The highest BCUT2D eigenvalue weighted by atomic mass is 16.5. The molecule has 0 saturated carbocycles. The summed E-state index contributed by atoms with van der Waals surface area (Å²) in [4.78, 5) is 10.8. The Morgan fingerprint density at radius 2 is 1.26 bits per heavy atom. The minimum absolute atomic E-state index is 0.351. The molecular formula is C21H38O2. The van der Waals surface area contributed by atoms with Crippen molar-refractivity contribution in [2.75, 3.05) is 6.61 Å². The van der Waals surface area contributed by atoms with Gasteiger partial charge in [-0.05, 0) is 12.8 Å². The van der Waals surface area contributed by atoms with E-state index in [0.29, 0.717) is 6.61 Å². The molecule has 0 amide bonds. The third kappa shape index (κ3) is 18.9. The SMILES string of the molecule is C=CC(=O)OC/C=C/CCCCCCCCCCCCCCC. The van der Waals surface area contributed by atoms with E-state index in [-0.39, 0.29) is 5.97 Å². The van der Waals surface area contributed by atoms with E-state index in [0.717, 1.165) is 6.42 Å². The highest BCUT2D eigenvalue weighted by molar-refractivity contribution is 5.81. The Morgan fingerprint density at radius 1 is 0.783 bits per heavy atom. The van der Waals surface area contributed by atoms with Gasteiger partial charge in [0.05, 0.1) is 0 Å². The van der Waals surface area contributed by atoms with E-state index in [9.17, 15) is 4.79 Å². The molecule has 0 aliphatic rings. The Balaban J connectivity index is 3.09. The van der Waals surface area contributed by atoms with Gasteiger partial charge in [-0.25, -0.2) is 4.79 Å². The van der Waals surface area contributed by atoms with Gasteiger partial charge in [-0.3, -0.25) is 0 Å². The van der Waals surface area contributed by atoms with E-state index in [4.69, 9.17) is 4.74 Å². The van der Waals surface area contributed by atoms with Gasteiger partial charge in [-0.15, -0.1) is 0 Å². The minimum atomic E-state index is -0.351. The number of carbonyl (C=O) groups excluding carboxylic acids is 1. The summed E-state index contributed by atoms with van der Waals surface area (Å²) in [5.74, 6) is -0.351. The molecule has 0 rings (SSSR count). The third-order valence-corrected chi connectivity index (χ3v) is 4.13. The molecule has 0 radical (unpaired) electrons. The number of unbranched alkanes of at least 4 members (excludes halogenated alkanes) is 13. The quantitative estimate of drug-likeness (QED) is 0.128. The van der Waals surface area contributed by atoms with E-state index in [1.165, 1.54) is 89.5 Å². The number of allylic oxidation sites excluding steroid dienone is 1. The second-order valence-electron chi connectivity index (χ2n) is 6.34. The molecule has 0 heterocycles. The Labute approximate surface area is 144 Å². The van der Waals surface area contributed by atoms with Crippen molar-refractivity contribution in [3.8, 4) is 0 Å². The molecule has 0 N–H and O–H groups in total. The lowest BCUT2D eigenvalue weighted by Gasteiger charge is -2.02. The summed E-state index contributed by atoms with van der Waals surface area (Å²) in [6.45, 7) is 6.00. The van der Waals surface area contributed by atoms with Gasteiger partial charge in [0.1, 0.15) is 6.61 Å². The molecule has 0 atom stereocenters. The highest BCUT2D eigenvalue weighted by Gasteiger charge is 1.93. The van der Waals surface area contributed by atoms with Crippen molar-refractivity contribution < 1.29 is 9.53 Å². The van der Waals surface area contributed by atoms with E-state index in [1.807, 2.05) is 6.08 Å². The van der Waals surface area contributed by atoms with Gasteiger partial charge in [0.2, 0.25) is 0 Å². The fourth-order valence-electron chi connectivity index (χ4n) is 2.66. The Hall–Kier alpha value is -1.05. The molecule has 23 heavy (non-hydrogen) atoms. The van der Waals surface area contributed by atoms with Gasteiger partial charge in [-0.2, -0.15) is 0 Å². The van der Waals surface area contributed by atoms with E-state index in [1.54, 1.807) is 0 Å². The number of ether oxygens (including phenoxy) is 1. The van der Waals surface area contributed by atoms with Gasteiger partial charge in [0.25, 0.3) is 0 Å². The van der Waals surface area contributed by atoms with Crippen LogP contribution < -0.4 is 0 Å². The van der Waals surface area contributed by atoms with Crippen molar-refractivity contribution in [3.05, 3.63) is 24.8 Å². The summed E-state index contributed by atoms with van der Waals surface area (Å²) >= 11 is 0. The van der Waals surface area contributed by atoms with Crippen LogP contribution in [0.15, 0.2) is 24.8 Å². The first-order valence-electron chi connectivity index (χ1n) is 9.75. The number of carbonyl (C=O) groups is 1. The van der Waals surface area contributed by atoms with Crippen LogP contribution in [0.3, 0.4) is 0 Å². The minimum Gasteiger partial charge on any atom is -0.458 e. The maximum Gasteiger partial charge on any atom is 0.330 e. The smallest absolute Gasteiger partial charge is 0.330 e. The van der Waals surface area contributed by atoms with E-state index in [2.05, 4.69) is 19.6 Å². The molecule has 2 heteroatoms. The summed E-state index contributed by atoms with van der Waals surface area (Å²) in [7, 11) is 0. The molecule has 0 aliphatic heterocycles. The first kappa shape index (κ1) is 21.9. The lowest BCUT2D eigenvalue weighted by molar-refractivity contribution is -0.136. The lowest BCUT2D eigenvalue weighted by Crippen LogP contribution is -1.98. The van der Waals surface area contributed by atoms with E-state index < -0.39 is 0 Å². The summed E-state index contributed by atoms with van der Waals surface area (Å²) in [6, 6.07) is 0. The van der Waals surface area contributed by atoms with Crippen LogP contribution in [0.1, 0.15) is 96.8 Å². The maximum absolute atomic E-state index is 10.8.